The van der Waals surface area contributed by atoms with Crippen molar-refractivity contribution in [1.82, 2.24) is 15.4 Å². The number of carboxylic acid groups (broad SMARTS) is 1. The topological polar surface area (TPSA) is 87.3 Å². The third-order valence-electron chi connectivity index (χ3n) is 1.23. The van der Waals surface area contributed by atoms with Crippen molar-refractivity contribution in [2.24, 2.45) is 5.10 Å². The van der Waals surface area contributed by atoms with E-state index in [1.165, 1.54) is 14.1 Å². The number of carbonyl (C=O) groups is 2. The molecule has 0 aromatic rings. The lowest BCUT2D eigenvalue weighted by Gasteiger charge is -2.24. The van der Waals surface area contributed by atoms with Gasteiger partial charge in [0, 0.05) is 14.1 Å². The van der Waals surface area contributed by atoms with Gasteiger partial charge in [-0.05, 0) is 0 Å². The molecule has 0 aliphatic carbocycles. The van der Waals surface area contributed by atoms with Gasteiger partial charge in [-0.1, -0.05) is 0 Å². The van der Waals surface area contributed by atoms with Crippen LogP contribution in [0.15, 0.2) is 5.10 Å². The zero-order valence-corrected chi connectivity index (χ0v) is 6.55. The van der Waals surface area contributed by atoms with Crippen LogP contribution in [-0.4, -0.2) is 47.1 Å². The first kappa shape index (κ1) is 8.31. The van der Waals surface area contributed by atoms with E-state index in [1.54, 1.807) is 0 Å². The van der Waals surface area contributed by atoms with Crippen LogP contribution in [0.2, 0.25) is 0 Å². The maximum absolute atomic E-state index is 11.0. The highest BCUT2D eigenvalue weighted by Gasteiger charge is 2.27. The van der Waals surface area contributed by atoms with Crippen molar-refractivity contribution >= 4 is 17.8 Å². The summed E-state index contributed by atoms with van der Waals surface area (Å²) in [6, 6.07) is -0.472. The van der Waals surface area contributed by atoms with Gasteiger partial charge in [-0.3, -0.25) is 0 Å². The molecule has 1 aliphatic rings. The van der Waals surface area contributed by atoms with Crippen LogP contribution in [0.5, 0.6) is 0 Å². The molecule has 0 unspecified atom stereocenters. The number of hydrazone groups is 1. The minimum atomic E-state index is -1.26. The Labute approximate surface area is 68.2 Å². The molecule has 0 spiro atoms. The second-order valence-corrected chi connectivity index (χ2v) is 2.16. The number of urea groups is 1. The molecule has 0 saturated heterocycles. The Kier molecular flexibility index (Phi) is 1.86. The van der Waals surface area contributed by atoms with Crippen LogP contribution in [-0.2, 0) is 4.79 Å². The Morgan fingerprint density at radius 3 is 2.42 bits per heavy atom. The molecule has 0 fully saturated rings. The summed E-state index contributed by atoms with van der Waals surface area (Å²) in [4.78, 5) is 21.3. The minimum absolute atomic E-state index is 0.403. The lowest BCUT2D eigenvalue weighted by atomic mass is 10.6. The second kappa shape index (κ2) is 2.68. The van der Waals surface area contributed by atoms with Gasteiger partial charge in [0.2, 0.25) is 0 Å². The molecule has 1 heterocycles. The molecule has 7 nitrogen and oxygen atoms in total. The summed E-state index contributed by atoms with van der Waals surface area (Å²) in [7, 11) is 2.72. The smallest absolute Gasteiger partial charge is 0.377 e. The number of nitrogens with zero attached hydrogens (tertiary/aromatic N) is 4. The normalized spacial score (nSPS) is 17.2. The maximum atomic E-state index is 11.0. The molecule has 0 saturated carbocycles. The number of carbonyl (C=O) groups excluding carboxylic acids is 1. The quantitative estimate of drug-likeness (QED) is 0.543. The van der Waals surface area contributed by atoms with E-state index in [4.69, 9.17) is 5.11 Å². The molecule has 0 aromatic heterocycles. The van der Waals surface area contributed by atoms with Gasteiger partial charge in [0.25, 0.3) is 5.84 Å². The number of hydrogen-bond acceptors (Lipinski definition) is 3. The summed E-state index contributed by atoms with van der Waals surface area (Å²) in [6.45, 7) is 0. The van der Waals surface area contributed by atoms with E-state index < -0.39 is 17.8 Å². The van der Waals surface area contributed by atoms with Crippen LogP contribution in [0, 0.1) is 0 Å². The van der Waals surface area contributed by atoms with E-state index >= 15 is 0 Å². The molecule has 1 radical (unpaired) electrons. The molecule has 65 valence electrons. The van der Waals surface area contributed by atoms with Crippen LogP contribution in [0.4, 0.5) is 4.79 Å². The Hall–Kier alpha value is -1.79. The summed E-state index contributed by atoms with van der Waals surface area (Å²) in [5.41, 5.74) is 3.41. The number of aliphatic carboxylic acids is 1. The Balaban J connectivity index is 2.88. The van der Waals surface area contributed by atoms with Gasteiger partial charge in [-0.15, -0.1) is 10.5 Å². The van der Waals surface area contributed by atoms with Gasteiger partial charge < -0.3 is 5.11 Å². The van der Waals surface area contributed by atoms with Crippen LogP contribution in [0.1, 0.15) is 0 Å². The van der Waals surface area contributed by atoms with Crippen LogP contribution < -0.4 is 5.43 Å². The SMILES string of the molecule is CN1[N]C(C(=O)O)=NN(C)C1=O. The molecule has 1 rings (SSSR count). The predicted molar refractivity (Wildman–Crippen MR) is 38.1 cm³/mol. The fourth-order valence-electron chi connectivity index (χ4n) is 0.685. The second-order valence-electron chi connectivity index (χ2n) is 2.16. The van der Waals surface area contributed by atoms with E-state index in [0.717, 1.165) is 10.0 Å². The highest BCUT2D eigenvalue weighted by molar-refractivity contribution is 6.34. The van der Waals surface area contributed by atoms with Gasteiger partial charge >= 0.3 is 12.0 Å². The maximum Gasteiger partial charge on any atom is 0.377 e. The molecule has 7 heteroatoms. The number of rotatable bonds is 1. The minimum Gasteiger partial charge on any atom is -0.475 e. The molecule has 2 amide bonds. The highest BCUT2D eigenvalue weighted by Crippen LogP contribution is 1.99. The monoisotopic (exact) mass is 171 g/mol. The standard InChI is InChI=1S/C5H7N4O3/c1-8-5(12)9(2)7-3(6-8)4(10)11/h1-2H3,(H,10,11). The molecule has 0 bridgehead atoms. The summed E-state index contributed by atoms with van der Waals surface area (Å²) >= 11 is 0. The van der Waals surface area contributed by atoms with Crippen molar-refractivity contribution in [1.29, 1.82) is 0 Å². The third-order valence-corrected chi connectivity index (χ3v) is 1.23. The van der Waals surface area contributed by atoms with E-state index in [-0.39, 0.29) is 0 Å². The summed E-state index contributed by atoms with van der Waals surface area (Å²) < 4.78 is 0. The zero-order valence-electron chi connectivity index (χ0n) is 6.55. The summed E-state index contributed by atoms with van der Waals surface area (Å²) in [5, 5.41) is 13.7. The lowest BCUT2D eigenvalue weighted by molar-refractivity contribution is -0.130. The van der Waals surface area contributed by atoms with Crippen molar-refractivity contribution in [2.45, 2.75) is 0 Å². The van der Waals surface area contributed by atoms with E-state index in [2.05, 4.69) is 10.5 Å². The fraction of sp³-hybridized carbons (Fsp3) is 0.400. The van der Waals surface area contributed by atoms with Gasteiger partial charge in [0.15, 0.2) is 0 Å². The van der Waals surface area contributed by atoms with Gasteiger partial charge in [-0.25, -0.2) is 19.6 Å². The van der Waals surface area contributed by atoms with Crippen LogP contribution in [0.3, 0.4) is 0 Å². The fourth-order valence-corrected chi connectivity index (χ4v) is 0.685. The molecule has 0 aromatic carbocycles. The lowest BCUT2D eigenvalue weighted by Crippen LogP contribution is -2.50. The van der Waals surface area contributed by atoms with Crippen molar-refractivity contribution in [2.75, 3.05) is 14.1 Å². The largest absolute Gasteiger partial charge is 0.475 e. The number of hydrogen-bond donors (Lipinski definition) is 1. The van der Waals surface area contributed by atoms with Gasteiger partial charge in [0.05, 0.1) is 0 Å². The first-order valence-corrected chi connectivity index (χ1v) is 3.07. The van der Waals surface area contributed by atoms with Gasteiger partial charge in [0.1, 0.15) is 0 Å². The molecule has 1 N–H and O–H groups in total. The Bertz CT molecular complexity index is 261. The molecular formula is C5H7N4O3. The molecular weight excluding hydrogens is 164 g/mol. The zero-order chi connectivity index (χ0) is 9.30. The van der Waals surface area contributed by atoms with E-state index in [1.807, 2.05) is 0 Å². The van der Waals surface area contributed by atoms with Gasteiger partial charge in [-0.2, -0.15) is 0 Å². The van der Waals surface area contributed by atoms with Crippen molar-refractivity contribution < 1.29 is 14.7 Å². The third kappa shape index (κ3) is 1.29. The van der Waals surface area contributed by atoms with E-state index in [9.17, 15) is 9.59 Å². The van der Waals surface area contributed by atoms with Crippen molar-refractivity contribution in [3.8, 4) is 0 Å². The number of amides is 2. The van der Waals surface area contributed by atoms with E-state index in [0.29, 0.717) is 0 Å². The summed E-state index contributed by atoms with van der Waals surface area (Å²) in [5.74, 6) is -1.67. The summed E-state index contributed by atoms with van der Waals surface area (Å²) in [6.07, 6.45) is 0. The average Bonchev–Trinajstić information content (AvgIpc) is 1.99. The van der Waals surface area contributed by atoms with Crippen LogP contribution >= 0.6 is 0 Å². The molecule has 1 aliphatic heterocycles. The highest BCUT2D eigenvalue weighted by atomic mass is 16.4. The average molecular weight is 171 g/mol. The molecule has 12 heavy (non-hydrogen) atoms. The first-order chi connectivity index (χ1) is 5.52. The number of amidine groups is 1. The van der Waals surface area contributed by atoms with Crippen molar-refractivity contribution in [3.63, 3.8) is 0 Å². The van der Waals surface area contributed by atoms with Crippen molar-refractivity contribution in [3.05, 3.63) is 0 Å². The predicted octanol–water partition coefficient (Wildman–Crippen LogP) is -1.10. The Morgan fingerprint density at radius 1 is 1.42 bits per heavy atom. The first-order valence-electron chi connectivity index (χ1n) is 3.07. The number of carboxylic acids is 1. The Morgan fingerprint density at radius 2 is 2.00 bits per heavy atom. The van der Waals surface area contributed by atoms with Crippen LogP contribution in [0.25, 0.3) is 0 Å². The molecule has 0 atom stereocenters.